The van der Waals surface area contributed by atoms with E-state index in [2.05, 4.69) is 10.1 Å². The van der Waals surface area contributed by atoms with Crippen molar-refractivity contribution in [3.63, 3.8) is 0 Å². The van der Waals surface area contributed by atoms with Gasteiger partial charge in [0.1, 0.15) is 12.4 Å². The van der Waals surface area contributed by atoms with Crippen LogP contribution in [0.1, 0.15) is 5.82 Å². The fraction of sp³-hybridized carbons (Fsp3) is 0.250. The lowest BCUT2D eigenvalue weighted by Crippen LogP contribution is -2.11. The minimum atomic E-state index is -3.56. The molecule has 0 spiro atoms. The van der Waals surface area contributed by atoms with Crippen molar-refractivity contribution in [2.75, 3.05) is 0 Å². The molecule has 0 aromatic carbocycles. The Morgan fingerprint density at radius 1 is 1.70 bits per heavy atom. The van der Waals surface area contributed by atoms with Gasteiger partial charge >= 0.3 is 5.92 Å². The zero-order valence-corrected chi connectivity index (χ0v) is 4.67. The number of aromatic amines is 1. The van der Waals surface area contributed by atoms with Crippen molar-refractivity contribution >= 4 is 0 Å². The molecule has 0 saturated heterocycles. The largest absolute Gasteiger partial charge is 0.390 e. The molecular weight excluding hydrogens is 142 g/mol. The summed E-state index contributed by atoms with van der Waals surface area (Å²) >= 11 is 0. The van der Waals surface area contributed by atoms with Gasteiger partial charge in [-0.05, 0) is 0 Å². The first kappa shape index (κ1) is 6.61. The molecule has 4 nitrogen and oxygen atoms in total. The van der Waals surface area contributed by atoms with E-state index < -0.39 is 11.7 Å². The van der Waals surface area contributed by atoms with Gasteiger partial charge in [0.15, 0.2) is 0 Å². The van der Waals surface area contributed by atoms with Crippen LogP contribution in [0.15, 0.2) is 6.33 Å². The fourth-order valence-electron chi connectivity index (χ4n) is 0.410. The van der Waals surface area contributed by atoms with Crippen LogP contribution < -0.4 is 0 Å². The van der Waals surface area contributed by atoms with Gasteiger partial charge in [-0.25, -0.2) is 4.98 Å². The number of aromatic nitrogens is 3. The van der Waals surface area contributed by atoms with Crippen LogP contribution in [0.4, 0.5) is 8.78 Å². The first-order chi connectivity index (χ1) is 4.67. The van der Waals surface area contributed by atoms with E-state index in [0.717, 1.165) is 12.4 Å². The van der Waals surface area contributed by atoms with E-state index in [1.54, 1.807) is 0 Å². The Kier molecular flexibility index (Phi) is 1.34. The number of nitriles is 1. The third kappa shape index (κ3) is 0.932. The maximum atomic E-state index is 12.2. The Hall–Kier alpha value is -1.51. The van der Waals surface area contributed by atoms with Crippen molar-refractivity contribution in [2.24, 2.45) is 0 Å². The summed E-state index contributed by atoms with van der Waals surface area (Å²) < 4.78 is 24.4. The van der Waals surface area contributed by atoms with Crippen LogP contribution in [-0.4, -0.2) is 15.2 Å². The quantitative estimate of drug-likeness (QED) is 0.621. The van der Waals surface area contributed by atoms with E-state index in [1.807, 2.05) is 5.10 Å². The molecular formula is C4H2F2N4. The van der Waals surface area contributed by atoms with Gasteiger partial charge in [0.05, 0.1) is 0 Å². The van der Waals surface area contributed by atoms with Gasteiger partial charge < -0.3 is 0 Å². The molecule has 0 bridgehead atoms. The maximum Gasteiger partial charge on any atom is 0.390 e. The van der Waals surface area contributed by atoms with Gasteiger partial charge in [-0.3, -0.25) is 5.10 Å². The summed E-state index contributed by atoms with van der Waals surface area (Å²) in [7, 11) is 0. The van der Waals surface area contributed by atoms with E-state index in [9.17, 15) is 8.78 Å². The lowest BCUT2D eigenvalue weighted by molar-refractivity contribution is 0.0514. The van der Waals surface area contributed by atoms with Crippen LogP contribution in [0, 0.1) is 11.3 Å². The summed E-state index contributed by atoms with van der Waals surface area (Å²) in [6.45, 7) is 0. The SMILES string of the molecule is N#CC(F)(F)c1ncn[nH]1. The molecule has 0 saturated carbocycles. The lowest BCUT2D eigenvalue weighted by Gasteiger charge is -1.99. The van der Waals surface area contributed by atoms with E-state index >= 15 is 0 Å². The number of alkyl halides is 2. The first-order valence-corrected chi connectivity index (χ1v) is 2.32. The van der Waals surface area contributed by atoms with Crippen molar-refractivity contribution in [3.05, 3.63) is 12.2 Å². The molecule has 0 atom stereocenters. The number of H-pyrrole nitrogens is 1. The Bertz CT molecular complexity index is 247. The summed E-state index contributed by atoms with van der Waals surface area (Å²) in [5.41, 5.74) is 0. The number of hydrogen-bond acceptors (Lipinski definition) is 3. The molecule has 0 aliphatic heterocycles. The maximum absolute atomic E-state index is 12.2. The summed E-state index contributed by atoms with van der Waals surface area (Å²) in [6.07, 6.45) is 0.917. The summed E-state index contributed by atoms with van der Waals surface area (Å²) in [5, 5.41) is 12.9. The standard InChI is InChI=1S/C4H2F2N4/c5-4(6,1-7)3-8-2-9-10-3/h2H,(H,8,9,10). The third-order valence-electron chi connectivity index (χ3n) is 0.853. The average molecular weight is 144 g/mol. The molecule has 1 heterocycles. The van der Waals surface area contributed by atoms with E-state index in [-0.39, 0.29) is 0 Å². The molecule has 1 aromatic rings. The number of nitrogens with zero attached hydrogens (tertiary/aromatic N) is 3. The van der Waals surface area contributed by atoms with Crippen LogP contribution >= 0.6 is 0 Å². The van der Waals surface area contributed by atoms with E-state index in [4.69, 9.17) is 5.26 Å². The molecule has 0 aliphatic carbocycles. The third-order valence-corrected chi connectivity index (χ3v) is 0.853. The molecule has 1 rings (SSSR count). The van der Waals surface area contributed by atoms with E-state index in [1.165, 1.54) is 0 Å². The summed E-state index contributed by atoms with van der Waals surface area (Å²) in [5.74, 6) is -4.29. The van der Waals surface area contributed by atoms with Gasteiger partial charge in [-0.1, -0.05) is 0 Å². The summed E-state index contributed by atoms with van der Waals surface area (Å²) in [4.78, 5) is 3.12. The molecule has 0 aliphatic rings. The van der Waals surface area contributed by atoms with Crippen molar-refractivity contribution in [1.29, 1.82) is 5.26 Å². The second-order valence-electron chi connectivity index (χ2n) is 1.52. The Morgan fingerprint density at radius 2 is 2.40 bits per heavy atom. The first-order valence-electron chi connectivity index (χ1n) is 2.32. The van der Waals surface area contributed by atoms with Gasteiger partial charge in [-0.2, -0.15) is 19.1 Å². The Morgan fingerprint density at radius 3 is 2.80 bits per heavy atom. The smallest absolute Gasteiger partial charge is 0.257 e. The molecule has 10 heavy (non-hydrogen) atoms. The molecule has 0 unspecified atom stereocenters. The highest BCUT2D eigenvalue weighted by Gasteiger charge is 2.34. The van der Waals surface area contributed by atoms with Gasteiger partial charge in [0, 0.05) is 0 Å². The number of hydrogen-bond donors (Lipinski definition) is 1. The van der Waals surface area contributed by atoms with Crippen LogP contribution in [0.25, 0.3) is 0 Å². The molecule has 6 heteroatoms. The molecule has 1 N–H and O–H groups in total. The average Bonchev–Trinajstić information content (AvgIpc) is 2.38. The highest BCUT2D eigenvalue weighted by molar-refractivity contribution is 5.05. The van der Waals surface area contributed by atoms with Gasteiger partial charge in [0.2, 0.25) is 5.82 Å². The van der Waals surface area contributed by atoms with Crippen molar-refractivity contribution < 1.29 is 8.78 Å². The van der Waals surface area contributed by atoms with Crippen molar-refractivity contribution in [2.45, 2.75) is 5.92 Å². The van der Waals surface area contributed by atoms with Crippen LogP contribution in [0.5, 0.6) is 0 Å². The molecule has 0 fully saturated rings. The Labute approximate surface area is 54.5 Å². The minimum absolute atomic E-state index is 0.727. The topological polar surface area (TPSA) is 65.4 Å². The zero-order valence-electron chi connectivity index (χ0n) is 4.67. The highest BCUT2D eigenvalue weighted by Crippen LogP contribution is 2.21. The van der Waals surface area contributed by atoms with Crippen LogP contribution in [0.2, 0.25) is 0 Å². The normalized spacial score (nSPS) is 10.9. The van der Waals surface area contributed by atoms with Crippen molar-refractivity contribution in [1.82, 2.24) is 15.2 Å². The van der Waals surface area contributed by atoms with Gasteiger partial charge in [-0.15, -0.1) is 0 Å². The fourth-order valence-corrected chi connectivity index (χ4v) is 0.410. The minimum Gasteiger partial charge on any atom is -0.257 e. The second-order valence-corrected chi connectivity index (χ2v) is 1.52. The van der Waals surface area contributed by atoms with Crippen LogP contribution in [0.3, 0.4) is 0 Å². The number of nitrogens with one attached hydrogen (secondary N) is 1. The highest BCUT2D eigenvalue weighted by atomic mass is 19.3. The Balaban J connectivity index is 2.99. The predicted molar refractivity (Wildman–Crippen MR) is 25.9 cm³/mol. The number of halogens is 2. The summed E-state index contributed by atoms with van der Waals surface area (Å²) in [6, 6.07) is 0.777. The van der Waals surface area contributed by atoms with Gasteiger partial charge in [0.25, 0.3) is 0 Å². The zero-order chi connectivity index (χ0) is 7.61. The van der Waals surface area contributed by atoms with Crippen LogP contribution in [-0.2, 0) is 5.92 Å². The number of rotatable bonds is 1. The monoisotopic (exact) mass is 144 g/mol. The molecule has 52 valence electrons. The van der Waals surface area contributed by atoms with E-state index in [0.29, 0.717) is 0 Å². The van der Waals surface area contributed by atoms with Crippen molar-refractivity contribution in [3.8, 4) is 6.07 Å². The lowest BCUT2D eigenvalue weighted by atomic mass is 10.4. The second kappa shape index (κ2) is 2.02. The molecule has 1 aromatic heterocycles. The molecule has 0 radical (unpaired) electrons. The molecule has 0 amide bonds. The predicted octanol–water partition coefficient (Wildman–Crippen LogP) is 0.420.